The number of aromatic nitrogens is 2. The summed E-state index contributed by atoms with van der Waals surface area (Å²) in [6.45, 7) is 1.71. The van der Waals surface area contributed by atoms with Gasteiger partial charge in [0.1, 0.15) is 11.9 Å². The van der Waals surface area contributed by atoms with Gasteiger partial charge in [-0.05, 0) is 6.92 Å². The minimum Gasteiger partial charge on any atom is -0.382 e. The van der Waals surface area contributed by atoms with E-state index in [4.69, 9.17) is 11.0 Å². The van der Waals surface area contributed by atoms with Crippen LogP contribution in [0.1, 0.15) is 11.4 Å². The molecule has 0 radical (unpaired) electrons. The summed E-state index contributed by atoms with van der Waals surface area (Å²) < 4.78 is 0. The molecule has 0 aliphatic heterocycles. The molecule has 50 valence electrons. The number of nitrogens with zero attached hydrogens (tertiary/aromatic N) is 3. The minimum atomic E-state index is 0.298. The van der Waals surface area contributed by atoms with Crippen LogP contribution in [0.2, 0.25) is 0 Å². The minimum absolute atomic E-state index is 0.298. The van der Waals surface area contributed by atoms with Gasteiger partial charge in [-0.2, -0.15) is 5.26 Å². The largest absolute Gasteiger partial charge is 0.382 e. The van der Waals surface area contributed by atoms with Crippen LogP contribution in [0.3, 0.4) is 0 Å². The van der Waals surface area contributed by atoms with Crippen molar-refractivity contribution >= 4 is 5.82 Å². The van der Waals surface area contributed by atoms with E-state index in [0.717, 1.165) is 0 Å². The average molecular weight is 134 g/mol. The molecule has 1 aromatic heterocycles. The SMILES string of the molecule is Cc1nc(C#N)cnc1N. The molecule has 4 heteroatoms. The maximum absolute atomic E-state index is 8.36. The van der Waals surface area contributed by atoms with Crippen molar-refractivity contribution in [3.8, 4) is 6.07 Å². The van der Waals surface area contributed by atoms with Crippen molar-refractivity contribution in [2.24, 2.45) is 0 Å². The summed E-state index contributed by atoms with van der Waals surface area (Å²) in [6, 6.07) is 1.87. The molecule has 0 aromatic carbocycles. The average Bonchev–Trinajstić information content (AvgIpc) is 1.95. The van der Waals surface area contributed by atoms with E-state index in [-0.39, 0.29) is 0 Å². The van der Waals surface area contributed by atoms with E-state index in [1.54, 1.807) is 6.92 Å². The third kappa shape index (κ3) is 1.03. The third-order valence-electron chi connectivity index (χ3n) is 1.10. The third-order valence-corrected chi connectivity index (χ3v) is 1.10. The molecule has 0 saturated carbocycles. The van der Waals surface area contributed by atoms with Crippen LogP contribution in [0.25, 0.3) is 0 Å². The van der Waals surface area contributed by atoms with E-state index >= 15 is 0 Å². The van der Waals surface area contributed by atoms with Crippen LogP contribution in [0.15, 0.2) is 6.20 Å². The molecular formula is C6H6N4. The van der Waals surface area contributed by atoms with Crippen molar-refractivity contribution in [3.63, 3.8) is 0 Å². The Hall–Kier alpha value is -1.63. The topological polar surface area (TPSA) is 75.6 Å². The molecule has 1 heterocycles. The van der Waals surface area contributed by atoms with E-state index in [1.165, 1.54) is 6.20 Å². The Balaban J connectivity index is 3.20. The van der Waals surface area contributed by atoms with Gasteiger partial charge < -0.3 is 5.73 Å². The summed E-state index contributed by atoms with van der Waals surface area (Å²) in [4.78, 5) is 7.58. The van der Waals surface area contributed by atoms with Crippen molar-refractivity contribution < 1.29 is 0 Å². The second-order valence-electron chi connectivity index (χ2n) is 1.84. The Kier molecular flexibility index (Phi) is 1.50. The number of nitriles is 1. The summed E-state index contributed by atoms with van der Waals surface area (Å²) >= 11 is 0. The van der Waals surface area contributed by atoms with Crippen LogP contribution in [-0.4, -0.2) is 9.97 Å². The summed E-state index contributed by atoms with van der Waals surface area (Å²) in [5, 5.41) is 8.36. The molecule has 0 bridgehead atoms. The van der Waals surface area contributed by atoms with Crippen molar-refractivity contribution in [2.75, 3.05) is 5.73 Å². The monoisotopic (exact) mass is 134 g/mol. The number of aryl methyl sites for hydroxylation is 1. The Morgan fingerprint density at radius 3 is 2.90 bits per heavy atom. The summed E-state index contributed by atoms with van der Waals surface area (Å²) in [5.74, 6) is 0.374. The maximum atomic E-state index is 8.36. The molecule has 0 spiro atoms. The van der Waals surface area contributed by atoms with Crippen LogP contribution < -0.4 is 5.73 Å². The summed E-state index contributed by atoms with van der Waals surface area (Å²) in [6.07, 6.45) is 1.35. The lowest BCUT2D eigenvalue weighted by atomic mass is 10.4. The number of rotatable bonds is 0. The standard InChI is InChI=1S/C6H6N4/c1-4-6(8)9-3-5(2-7)10-4/h3H,1H3,(H2,8,9). The second kappa shape index (κ2) is 2.31. The predicted octanol–water partition coefficient (Wildman–Crippen LogP) is 0.239. The molecule has 0 aliphatic carbocycles. The van der Waals surface area contributed by atoms with Gasteiger partial charge in [-0.1, -0.05) is 0 Å². The highest BCUT2D eigenvalue weighted by atomic mass is 14.9. The van der Waals surface area contributed by atoms with Crippen molar-refractivity contribution in [3.05, 3.63) is 17.6 Å². The van der Waals surface area contributed by atoms with E-state index in [9.17, 15) is 0 Å². The highest BCUT2D eigenvalue weighted by molar-refractivity contribution is 5.35. The first-order valence-electron chi connectivity index (χ1n) is 2.73. The van der Waals surface area contributed by atoms with Crippen LogP contribution in [0.4, 0.5) is 5.82 Å². The van der Waals surface area contributed by atoms with Gasteiger partial charge in [0.25, 0.3) is 0 Å². The zero-order valence-corrected chi connectivity index (χ0v) is 5.50. The van der Waals surface area contributed by atoms with E-state index < -0.39 is 0 Å². The van der Waals surface area contributed by atoms with Crippen LogP contribution in [0.5, 0.6) is 0 Å². The first-order valence-corrected chi connectivity index (χ1v) is 2.73. The highest BCUT2D eigenvalue weighted by Crippen LogP contribution is 2.01. The van der Waals surface area contributed by atoms with Gasteiger partial charge in [0.15, 0.2) is 5.69 Å². The molecule has 0 saturated heterocycles. The highest BCUT2D eigenvalue weighted by Gasteiger charge is 1.96. The normalized spacial score (nSPS) is 8.80. The summed E-state index contributed by atoms with van der Waals surface area (Å²) in [7, 11) is 0. The fourth-order valence-electron chi connectivity index (χ4n) is 0.545. The van der Waals surface area contributed by atoms with Crippen LogP contribution >= 0.6 is 0 Å². The van der Waals surface area contributed by atoms with E-state index in [0.29, 0.717) is 17.2 Å². The molecule has 0 unspecified atom stereocenters. The molecule has 0 fully saturated rings. The predicted molar refractivity (Wildman–Crippen MR) is 35.9 cm³/mol. The lowest BCUT2D eigenvalue weighted by Gasteiger charge is -1.94. The van der Waals surface area contributed by atoms with Crippen LogP contribution in [0, 0.1) is 18.3 Å². The van der Waals surface area contributed by atoms with Crippen LogP contribution in [-0.2, 0) is 0 Å². The van der Waals surface area contributed by atoms with E-state index in [2.05, 4.69) is 9.97 Å². The Bertz CT molecular complexity index is 286. The van der Waals surface area contributed by atoms with Gasteiger partial charge in [-0.15, -0.1) is 0 Å². The zero-order chi connectivity index (χ0) is 7.56. The summed E-state index contributed by atoms with van der Waals surface area (Å²) in [5.41, 5.74) is 6.25. The Morgan fingerprint density at radius 2 is 2.40 bits per heavy atom. The molecule has 10 heavy (non-hydrogen) atoms. The molecule has 0 aliphatic rings. The van der Waals surface area contributed by atoms with Gasteiger partial charge in [0, 0.05) is 0 Å². The van der Waals surface area contributed by atoms with Gasteiger partial charge in [0.05, 0.1) is 11.9 Å². The van der Waals surface area contributed by atoms with Crippen molar-refractivity contribution in [1.82, 2.24) is 9.97 Å². The number of hydrogen-bond acceptors (Lipinski definition) is 4. The quantitative estimate of drug-likeness (QED) is 0.551. The maximum Gasteiger partial charge on any atom is 0.159 e. The molecule has 4 nitrogen and oxygen atoms in total. The van der Waals surface area contributed by atoms with Gasteiger partial charge in [-0.25, -0.2) is 9.97 Å². The van der Waals surface area contributed by atoms with Gasteiger partial charge in [0.2, 0.25) is 0 Å². The van der Waals surface area contributed by atoms with Gasteiger partial charge in [-0.3, -0.25) is 0 Å². The molecule has 0 amide bonds. The van der Waals surface area contributed by atoms with Gasteiger partial charge >= 0.3 is 0 Å². The number of nitrogen functional groups attached to an aromatic ring is 1. The molecular weight excluding hydrogens is 128 g/mol. The molecule has 1 aromatic rings. The fourth-order valence-corrected chi connectivity index (χ4v) is 0.545. The number of nitrogens with two attached hydrogens (primary N) is 1. The lowest BCUT2D eigenvalue weighted by molar-refractivity contribution is 1.10. The lowest BCUT2D eigenvalue weighted by Crippen LogP contribution is -1.97. The Labute approximate surface area is 58.3 Å². The van der Waals surface area contributed by atoms with E-state index in [1.807, 2.05) is 6.07 Å². The number of hydrogen-bond donors (Lipinski definition) is 1. The Morgan fingerprint density at radius 1 is 1.70 bits per heavy atom. The fraction of sp³-hybridized carbons (Fsp3) is 0.167. The molecule has 2 N–H and O–H groups in total. The molecule has 1 rings (SSSR count). The van der Waals surface area contributed by atoms with Crippen molar-refractivity contribution in [2.45, 2.75) is 6.92 Å². The first kappa shape index (κ1) is 6.49. The number of anilines is 1. The second-order valence-corrected chi connectivity index (χ2v) is 1.84. The van der Waals surface area contributed by atoms with Crippen molar-refractivity contribution in [1.29, 1.82) is 5.26 Å². The first-order chi connectivity index (χ1) is 4.74. The smallest absolute Gasteiger partial charge is 0.159 e. The zero-order valence-electron chi connectivity index (χ0n) is 5.50. The molecule has 0 atom stereocenters.